The second-order valence-corrected chi connectivity index (χ2v) is 7.68. The lowest BCUT2D eigenvalue weighted by Crippen LogP contribution is -2.38. The number of amides is 1. The number of nitrogens with zero attached hydrogens (tertiary/aromatic N) is 2. The van der Waals surface area contributed by atoms with Crippen LogP contribution >= 0.6 is 0 Å². The fraction of sp³-hybridized carbons (Fsp3) is 0.571. The van der Waals surface area contributed by atoms with Crippen molar-refractivity contribution >= 4 is 22.5 Å². The highest BCUT2D eigenvalue weighted by Crippen LogP contribution is 2.21. The van der Waals surface area contributed by atoms with Crippen molar-refractivity contribution in [3.05, 3.63) is 30.5 Å². The lowest BCUT2D eigenvalue weighted by Gasteiger charge is -2.26. The summed E-state index contributed by atoms with van der Waals surface area (Å²) < 4.78 is 7.71. The molecule has 146 valence electrons. The minimum atomic E-state index is 0.119. The zero-order valence-electron chi connectivity index (χ0n) is 16.0. The van der Waals surface area contributed by atoms with Crippen molar-refractivity contribution in [2.24, 2.45) is 5.92 Å². The molecule has 6 heteroatoms. The minimum absolute atomic E-state index is 0.119. The number of fused-ring (bicyclic) bond motifs is 1. The summed E-state index contributed by atoms with van der Waals surface area (Å²) in [5.41, 5.74) is 2.11. The maximum atomic E-state index is 12.2. The molecule has 6 nitrogen and oxygen atoms in total. The van der Waals surface area contributed by atoms with E-state index in [1.165, 1.54) is 17.3 Å². The molecule has 0 aliphatic carbocycles. The van der Waals surface area contributed by atoms with Crippen molar-refractivity contribution < 1.29 is 9.53 Å². The highest BCUT2D eigenvalue weighted by Gasteiger charge is 2.16. The average molecular weight is 370 g/mol. The van der Waals surface area contributed by atoms with E-state index in [-0.39, 0.29) is 5.91 Å². The van der Waals surface area contributed by atoms with Crippen LogP contribution in [-0.2, 0) is 16.1 Å². The molecule has 2 fully saturated rings. The summed E-state index contributed by atoms with van der Waals surface area (Å²) in [5.74, 6) is 0.770. The Hall–Kier alpha value is -1.89. The number of hydrogen-bond acceptors (Lipinski definition) is 4. The van der Waals surface area contributed by atoms with Crippen LogP contribution in [0.3, 0.4) is 0 Å². The molecule has 1 unspecified atom stereocenters. The van der Waals surface area contributed by atoms with E-state index in [0.717, 1.165) is 64.6 Å². The number of ether oxygens (including phenoxy) is 1. The van der Waals surface area contributed by atoms with Gasteiger partial charge in [-0.3, -0.25) is 9.69 Å². The molecular formula is C21H30N4O2. The molecule has 0 bridgehead atoms. The van der Waals surface area contributed by atoms with Gasteiger partial charge in [0.05, 0.1) is 13.2 Å². The molecule has 3 heterocycles. The fourth-order valence-electron chi connectivity index (χ4n) is 4.07. The number of hydrogen-bond donors (Lipinski definition) is 2. The van der Waals surface area contributed by atoms with Gasteiger partial charge in [0.25, 0.3) is 0 Å². The molecule has 0 spiro atoms. The molecule has 2 saturated heterocycles. The van der Waals surface area contributed by atoms with E-state index in [0.29, 0.717) is 12.3 Å². The standard InChI is InChI=1S/C21H30N4O2/c26-21(4-1-17-5-7-22-16-17)23-19-2-3-20-18(15-19)6-8-25(20)10-9-24-11-13-27-14-12-24/h2-3,6,8,15,17,22H,1,4-5,7,9-14,16H2,(H,23,26). The van der Waals surface area contributed by atoms with E-state index in [2.05, 4.69) is 44.5 Å². The van der Waals surface area contributed by atoms with E-state index >= 15 is 0 Å². The van der Waals surface area contributed by atoms with Crippen LogP contribution in [0.5, 0.6) is 0 Å². The van der Waals surface area contributed by atoms with Crippen LogP contribution in [0.1, 0.15) is 19.3 Å². The number of morpholine rings is 1. The van der Waals surface area contributed by atoms with Gasteiger partial charge in [-0.2, -0.15) is 0 Å². The summed E-state index contributed by atoms with van der Waals surface area (Å²) in [6.45, 7) is 7.88. The van der Waals surface area contributed by atoms with Crippen molar-refractivity contribution in [3.8, 4) is 0 Å². The Morgan fingerprint density at radius 1 is 1.22 bits per heavy atom. The van der Waals surface area contributed by atoms with Gasteiger partial charge in [0.2, 0.25) is 5.91 Å². The maximum absolute atomic E-state index is 12.2. The molecule has 1 aromatic carbocycles. The van der Waals surface area contributed by atoms with Crippen molar-refractivity contribution in [1.29, 1.82) is 0 Å². The van der Waals surface area contributed by atoms with Crippen LogP contribution in [0.15, 0.2) is 30.5 Å². The second-order valence-electron chi connectivity index (χ2n) is 7.68. The Morgan fingerprint density at radius 3 is 2.93 bits per heavy atom. The summed E-state index contributed by atoms with van der Waals surface area (Å²) in [6, 6.07) is 8.35. The van der Waals surface area contributed by atoms with Gasteiger partial charge < -0.3 is 19.9 Å². The summed E-state index contributed by atoms with van der Waals surface area (Å²) in [6.07, 6.45) is 4.91. The number of carbonyl (C=O) groups is 1. The van der Waals surface area contributed by atoms with Gasteiger partial charge >= 0.3 is 0 Å². The largest absolute Gasteiger partial charge is 0.379 e. The maximum Gasteiger partial charge on any atom is 0.224 e. The van der Waals surface area contributed by atoms with Crippen LogP contribution in [-0.4, -0.2) is 61.3 Å². The van der Waals surface area contributed by atoms with E-state index in [1.54, 1.807) is 0 Å². The first-order valence-electron chi connectivity index (χ1n) is 10.2. The van der Waals surface area contributed by atoms with E-state index < -0.39 is 0 Å². The normalized spacial score (nSPS) is 21.0. The molecule has 2 N–H and O–H groups in total. The van der Waals surface area contributed by atoms with Gasteiger partial charge in [0.1, 0.15) is 0 Å². The monoisotopic (exact) mass is 370 g/mol. The summed E-state index contributed by atoms with van der Waals surface area (Å²) in [5, 5.41) is 7.59. The molecule has 1 amide bonds. The number of carbonyl (C=O) groups excluding carboxylic acids is 1. The van der Waals surface area contributed by atoms with Crippen molar-refractivity contribution in [1.82, 2.24) is 14.8 Å². The van der Waals surface area contributed by atoms with Crippen LogP contribution < -0.4 is 10.6 Å². The van der Waals surface area contributed by atoms with E-state index in [9.17, 15) is 4.79 Å². The molecule has 0 radical (unpaired) electrons. The highest BCUT2D eigenvalue weighted by molar-refractivity contribution is 5.93. The molecular weight excluding hydrogens is 340 g/mol. The SMILES string of the molecule is O=C(CCC1CCNC1)Nc1ccc2c(ccn2CCN2CCOCC2)c1. The summed E-state index contributed by atoms with van der Waals surface area (Å²) in [4.78, 5) is 14.7. The van der Waals surface area contributed by atoms with Gasteiger partial charge in [-0.05, 0) is 56.1 Å². The molecule has 0 saturated carbocycles. The van der Waals surface area contributed by atoms with Gasteiger partial charge in [-0.15, -0.1) is 0 Å². The molecule has 2 aromatic rings. The van der Waals surface area contributed by atoms with Crippen LogP contribution in [0.4, 0.5) is 5.69 Å². The van der Waals surface area contributed by atoms with Crippen molar-refractivity contribution in [2.75, 3.05) is 51.3 Å². The number of anilines is 1. The number of rotatable bonds is 7. The average Bonchev–Trinajstić information content (AvgIpc) is 3.35. The Morgan fingerprint density at radius 2 is 2.11 bits per heavy atom. The predicted molar refractivity (Wildman–Crippen MR) is 108 cm³/mol. The van der Waals surface area contributed by atoms with Crippen molar-refractivity contribution in [2.45, 2.75) is 25.8 Å². The lowest BCUT2D eigenvalue weighted by atomic mass is 10.0. The molecule has 2 aliphatic heterocycles. The van der Waals surface area contributed by atoms with Gasteiger partial charge in [0, 0.05) is 55.4 Å². The smallest absolute Gasteiger partial charge is 0.224 e. The Kier molecular flexibility index (Phi) is 6.07. The zero-order chi connectivity index (χ0) is 18.5. The minimum Gasteiger partial charge on any atom is -0.379 e. The second kappa shape index (κ2) is 8.87. The fourth-order valence-corrected chi connectivity index (χ4v) is 4.07. The van der Waals surface area contributed by atoms with Crippen LogP contribution in [0.25, 0.3) is 10.9 Å². The summed E-state index contributed by atoms with van der Waals surface area (Å²) >= 11 is 0. The zero-order valence-corrected chi connectivity index (χ0v) is 16.0. The molecule has 1 aromatic heterocycles. The molecule has 1 atom stereocenters. The Balaban J connectivity index is 1.31. The first-order chi connectivity index (χ1) is 13.3. The quantitative estimate of drug-likeness (QED) is 0.785. The van der Waals surface area contributed by atoms with Crippen molar-refractivity contribution in [3.63, 3.8) is 0 Å². The topological polar surface area (TPSA) is 58.5 Å². The highest BCUT2D eigenvalue weighted by atomic mass is 16.5. The summed E-state index contributed by atoms with van der Waals surface area (Å²) in [7, 11) is 0. The molecule has 4 rings (SSSR count). The Bertz CT molecular complexity index is 761. The van der Waals surface area contributed by atoms with Gasteiger partial charge in [-0.1, -0.05) is 0 Å². The molecule has 2 aliphatic rings. The number of aromatic nitrogens is 1. The number of benzene rings is 1. The van der Waals surface area contributed by atoms with E-state index in [4.69, 9.17) is 4.74 Å². The third-order valence-electron chi connectivity index (χ3n) is 5.76. The predicted octanol–water partition coefficient (Wildman–Crippen LogP) is 2.30. The lowest BCUT2D eigenvalue weighted by molar-refractivity contribution is -0.116. The third kappa shape index (κ3) is 4.89. The third-order valence-corrected chi connectivity index (χ3v) is 5.76. The van der Waals surface area contributed by atoms with E-state index in [1.807, 2.05) is 6.07 Å². The number of nitrogens with one attached hydrogen (secondary N) is 2. The Labute approximate surface area is 160 Å². The van der Waals surface area contributed by atoms with Crippen LogP contribution in [0.2, 0.25) is 0 Å². The van der Waals surface area contributed by atoms with Gasteiger partial charge in [0.15, 0.2) is 0 Å². The molecule has 27 heavy (non-hydrogen) atoms. The van der Waals surface area contributed by atoms with Crippen LogP contribution in [0, 0.1) is 5.92 Å². The first-order valence-corrected chi connectivity index (χ1v) is 10.2. The van der Waals surface area contributed by atoms with Gasteiger partial charge in [-0.25, -0.2) is 0 Å². The first kappa shape index (κ1) is 18.5.